The summed E-state index contributed by atoms with van der Waals surface area (Å²) in [7, 11) is 0. The standard InChI is InChI=1S/C21H23N5O5/c1-3-30-21(29)17-18(28)16(11-14-12-23-19-15(14)5-4-6-22-19)31-20(17)24-26-9-7-25(8-10-26)13(2)27/h4-6,11-12,24H,3,7-10H2,1-2H3,(H,22,23). The summed E-state index contributed by atoms with van der Waals surface area (Å²) in [5.41, 5.74) is 4.23. The number of fused-ring (bicyclic) bond motifs is 1. The number of allylic oxidation sites excluding steroid dienone is 1. The first-order chi connectivity index (χ1) is 15.0. The van der Waals surface area contributed by atoms with Gasteiger partial charge in [-0.3, -0.25) is 15.0 Å². The largest absolute Gasteiger partial charge is 0.462 e. The number of aromatic nitrogens is 2. The van der Waals surface area contributed by atoms with E-state index in [0.29, 0.717) is 37.4 Å². The van der Waals surface area contributed by atoms with Crippen LogP contribution >= 0.6 is 0 Å². The molecule has 10 heteroatoms. The number of rotatable bonds is 5. The molecule has 0 unspecified atom stereocenters. The molecule has 0 radical (unpaired) electrons. The topological polar surface area (TPSA) is 117 Å². The molecular weight excluding hydrogens is 402 g/mol. The number of aromatic amines is 1. The molecule has 0 saturated carbocycles. The van der Waals surface area contributed by atoms with Gasteiger partial charge in [-0.2, -0.15) is 0 Å². The Kier molecular flexibility index (Phi) is 5.72. The number of amides is 1. The fraction of sp³-hybridized carbons (Fsp3) is 0.333. The van der Waals surface area contributed by atoms with Gasteiger partial charge in [0, 0.05) is 56.4 Å². The van der Waals surface area contributed by atoms with Crippen LogP contribution in [0.25, 0.3) is 17.1 Å². The molecule has 0 bridgehead atoms. The molecular formula is C21H23N5O5. The van der Waals surface area contributed by atoms with Crippen molar-refractivity contribution in [1.29, 1.82) is 0 Å². The Morgan fingerprint density at radius 2 is 2.10 bits per heavy atom. The minimum absolute atomic E-state index is 0.0109. The molecule has 1 fully saturated rings. The van der Waals surface area contributed by atoms with Crippen LogP contribution < -0.4 is 5.43 Å². The maximum absolute atomic E-state index is 13.0. The average molecular weight is 425 g/mol. The van der Waals surface area contributed by atoms with E-state index >= 15 is 0 Å². The number of hydrogen-bond acceptors (Lipinski definition) is 8. The van der Waals surface area contributed by atoms with Crippen molar-refractivity contribution in [3.05, 3.63) is 47.3 Å². The third-order valence-corrected chi connectivity index (χ3v) is 5.12. The van der Waals surface area contributed by atoms with Crippen molar-refractivity contribution in [3.8, 4) is 0 Å². The van der Waals surface area contributed by atoms with E-state index in [0.717, 1.165) is 5.39 Å². The van der Waals surface area contributed by atoms with E-state index in [1.54, 1.807) is 41.4 Å². The molecule has 1 amide bonds. The molecule has 2 aliphatic rings. The van der Waals surface area contributed by atoms with Crippen LogP contribution in [0.3, 0.4) is 0 Å². The second-order valence-corrected chi connectivity index (χ2v) is 7.11. The number of hydrazine groups is 1. The van der Waals surface area contributed by atoms with Crippen molar-refractivity contribution in [2.75, 3.05) is 32.8 Å². The quantitative estimate of drug-likeness (QED) is 0.413. The van der Waals surface area contributed by atoms with E-state index in [-0.39, 0.29) is 29.7 Å². The van der Waals surface area contributed by atoms with Crippen LogP contribution in [0.1, 0.15) is 19.4 Å². The molecule has 2 aliphatic heterocycles. The maximum Gasteiger partial charge on any atom is 0.347 e. The lowest BCUT2D eigenvalue weighted by atomic mass is 10.1. The SMILES string of the molecule is CCOC(=O)C1=C(NN2CCN(C(C)=O)CC2)OC(=Cc2c[nH]c3ncccc23)C1=O. The zero-order valence-electron chi connectivity index (χ0n) is 17.3. The van der Waals surface area contributed by atoms with Gasteiger partial charge in [-0.1, -0.05) is 0 Å². The number of nitrogens with one attached hydrogen (secondary N) is 2. The Balaban J connectivity index is 1.58. The summed E-state index contributed by atoms with van der Waals surface area (Å²) >= 11 is 0. The fourth-order valence-electron chi connectivity index (χ4n) is 3.51. The van der Waals surface area contributed by atoms with Crippen LogP contribution in [0.15, 0.2) is 41.7 Å². The number of H-pyrrole nitrogens is 1. The van der Waals surface area contributed by atoms with E-state index < -0.39 is 11.8 Å². The number of hydrogen-bond donors (Lipinski definition) is 2. The summed E-state index contributed by atoms with van der Waals surface area (Å²) in [6, 6.07) is 3.67. The van der Waals surface area contributed by atoms with Gasteiger partial charge in [0.25, 0.3) is 0 Å². The fourth-order valence-corrected chi connectivity index (χ4v) is 3.51. The number of ketones is 1. The highest BCUT2D eigenvalue weighted by atomic mass is 16.5. The molecule has 162 valence electrons. The minimum Gasteiger partial charge on any atom is -0.462 e. The Morgan fingerprint density at radius 1 is 1.32 bits per heavy atom. The monoisotopic (exact) mass is 425 g/mol. The van der Waals surface area contributed by atoms with Crippen molar-refractivity contribution < 1.29 is 23.9 Å². The lowest BCUT2D eigenvalue weighted by Crippen LogP contribution is -2.52. The van der Waals surface area contributed by atoms with E-state index in [9.17, 15) is 14.4 Å². The van der Waals surface area contributed by atoms with E-state index in [2.05, 4.69) is 15.4 Å². The van der Waals surface area contributed by atoms with Crippen molar-refractivity contribution in [3.63, 3.8) is 0 Å². The molecule has 31 heavy (non-hydrogen) atoms. The smallest absolute Gasteiger partial charge is 0.347 e. The van der Waals surface area contributed by atoms with Crippen LogP contribution in [0.4, 0.5) is 0 Å². The number of Topliss-reactive ketones (excluding diaryl/α,β-unsaturated/α-hetero) is 1. The molecule has 2 N–H and O–H groups in total. The van der Waals surface area contributed by atoms with Crippen LogP contribution in [0, 0.1) is 0 Å². The predicted molar refractivity (Wildman–Crippen MR) is 111 cm³/mol. The number of piperazine rings is 1. The van der Waals surface area contributed by atoms with Gasteiger partial charge >= 0.3 is 5.97 Å². The summed E-state index contributed by atoms with van der Waals surface area (Å²) in [5, 5.41) is 2.63. The molecule has 0 spiro atoms. The average Bonchev–Trinajstić information content (AvgIpc) is 3.30. The number of ether oxygens (including phenoxy) is 2. The van der Waals surface area contributed by atoms with Crippen LogP contribution in [-0.2, 0) is 23.9 Å². The second-order valence-electron chi connectivity index (χ2n) is 7.11. The van der Waals surface area contributed by atoms with Crippen molar-refractivity contribution in [1.82, 2.24) is 25.3 Å². The van der Waals surface area contributed by atoms with Gasteiger partial charge in [-0.25, -0.2) is 14.8 Å². The first-order valence-corrected chi connectivity index (χ1v) is 10.0. The maximum atomic E-state index is 13.0. The molecule has 4 rings (SSSR count). The molecule has 0 atom stereocenters. The number of pyridine rings is 1. The Morgan fingerprint density at radius 3 is 2.81 bits per heavy atom. The molecule has 4 heterocycles. The van der Waals surface area contributed by atoms with Crippen molar-refractivity contribution >= 4 is 34.8 Å². The number of carbonyl (C=O) groups is 3. The van der Waals surface area contributed by atoms with Gasteiger partial charge in [-0.15, -0.1) is 0 Å². The van der Waals surface area contributed by atoms with Crippen molar-refractivity contribution in [2.45, 2.75) is 13.8 Å². The van der Waals surface area contributed by atoms with Gasteiger partial charge < -0.3 is 19.4 Å². The molecule has 10 nitrogen and oxygen atoms in total. The second kappa shape index (κ2) is 8.60. The molecule has 2 aromatic heterocycles. The normalized spacial score (nSPS) is 18.6. The summed E-state index contributed by atoms with van der Waals surface area (Å²) in [5.74, 6) is -1.25. The Labute approximate surface area is 178 Å². The summed E-state index contributed by atoms with van der Waals surface area (Å²) in [6.45, 7) is 5.43. The highest BCUT2D eigenvalue weighted by Crippen LogP contribution is 2.28. The first-order valence-electron chi connectivity index (χ1n) is 10.0. The molecule has 1 saturated heterocycles. The zero-order valence-corrected chi connectivity index (χ0v) is 17.3. The number of esters is 1. The van der Waals surface area contributed by atoms with Gasteiger partial charge in [-0.05, 0) is 25.1 Å². The van der Waals surface area contributed by atoms with Crippen LogP contribution in [0.2, 0.25) is 0 Å². The van der Waals surface area contributed by atoms with E-state index in [1.165, 1.54) is 6.92 Å². The molecule has 0 aliphatic carbocycles. The van der Waals surface area contributed by atoms with E-state index in [4.69, 9.17) is 9.47 Å². The van der Waals surface area contributed by atoms with Gasteiger partial charge in [0.15, 0.2) is 11.3 Å². The Hall–Kier alpha value is -3.66. The molecule has 0 aromatic carbocycles. The first kappa shape index (κ1) is 20.6. The Bertz CT molecular complexity index is 1090. The van der Waals surface area contributed by atoms with Crippen LogP contribution in [-0.4, -0.2) is 70.3 Å². The van der Waals surface area contributed by atoms with E-state index in [1.807, 2.05) is 6.07 Å². The zero-order chi connectivity index (χ0) is 22.0. The lowest BCUT2D eigenvalue weighted by Gasteiger charge is -2.34. The van der Waals surface area contributed by atoms with Crippen LogP contribution in [0.5, 0.6) is 0 Å². The minimum atomic E-state index is -0.749. The third kappa shape index (κ3) is 4.15. The number of carbonyl (C=O) groups excluding carboxylic acids is 3. The third-order valence-electron chi connectivity index (χ3n) is 5.12. The summed E-state index contributed by atoms with van der Waals surface area (Å²) in [4.78, 5) is 46.0. The van der Waals surface area contributed by atoms with Gasteiger partial charge in [0.2, 0.25) is 17.6 Å². The van der Waals surface area contributed by atoms with Crippen molar-refractivity contribution in [2.24, 2.45) is 0 Å². The summed E-state index contributed by atoms with van der Waals surface area (Å²) < 4.78 is 10.8. The van der Waals surface area contributed by atoms with Gasteiger partial charge in [0.1, 0.15) is 5.65 Å². The lowest BCUT2D eigenvalue weighted by molar-refractivity contribution is -0.139. The highest BCUT2D eigenvalue weighted by Gasteiger charge is 2.38. The highest BCUT2D eigenvalue weighted by molar-refractivity contribution is 6.26. The number of nitrogens with zero attached hydrogens (tertiary/aromatic N) is 3. The summed E-state index contributed by atoms with van der Waals surface area (Å²) in [6.07, 6.45) is 4.96. The predicted octanol–water partition coefficient (Wildman–Crippen LogP) is 0.947. The van der Waals surface area contributed by atoms with Gasteiger partial charge in [0.05, 0.1) is 6.61 Å². The molecule has 2 aromatic rings.